The molecule has 2 amide bonds. The highest BCUT2D eigenvalue weighted by atomic mass is 35.5. The number of halogens is 1. The first-order valence-corrected chi connectivity index (χ1v) is 4.71. The first kappa shape index (κ1) is 11.5. The standard InChI is InChI=1S/C10H11ClN2O2/c1-6-3-4-7(5-8(6)11)13-10(15)9(14)12-2/h3-5H,1-2H3,(H,12,14)(H,13,15). The van der Waals surface area contributed by atoms with Crippen LogP contribution in [0.25, 0.3) is 0 Å². The minimum absolute atomic E-state index is 0.499. The van der Waals surface area contributed by atoms with E-state index in [2.05, 4.69) is 10.6 Å². The van der Waals surface area contributed by atoms with Gasteiger partial charge in [0.1, 0.15) is 0 Å². The molecule has 0 heterocycles. The summed E-state index contributed by atoms with van der Waals surface area (Å²) < 4.78 is 0. The Hall–Kier alpha value is -1.55. The Labute approximate surface area is 92.6 Å². The van der Waals surface area contributed by atoms with Gasteiger partial charge in [-0.1, -0.05) is 17.7 Å². The van der Waals surface area contributed by atoms with Gasteiger partial charge in [0.15, 0.2) is 0 Å². The van der Waals surface area contributed by atoms with Crippen LogP contribution in [0.3, 0.4) is 0 Å². The van der Waals surface area contributed by atoms with Crippen molar-refractivity contribution in [1.29, 1.82) is 0 Å². The Balaban J connectivity index is 2.77. The molecule has 0 aliphatic heterocycles. The summed E-state index contributed by atoms with van der Waals surface area (Å²) in [5, 5.41) is 5.20. The Morgan fingerprint density at radius 3 is 2.47 bits per heavy atom. The zero-order valence-corrected chi connectivity index (χ0v) is 9.18. The molecule has 5 heteroatoms. The molecule has 80 valence electrons. The predicted molar refractivity (Wildman–Crippen MR) is 58.9 cm³/mol. The second-order valence-corrected chi connectivity index (χ2v) is 3.40. The molecule has 4 nitrogen and oxygen atoms in total. The number of benzene rings is 1. The molecule has 0 bridgehead atoms. The largest absolute Gasteiger partial charge is 0.351 e. The van der Waals surface area contributed by atoms with Gasteiger partial charge < -0.3 is 10.6 Å². The highest BCUT2D eigenvalue weighted by Crippen LogP contribution is 2.19. The Kier molecular flexibility index (Phi) is 3.68. The van der Waals surface area contributed by atoms with E-state index in [1.807, 2.05) is 6.92 Å². The lowest BCUT2D eigenvalue weighted by atomic mass is 10.2. The maximum atomic E-state index is 11.2. The molecule has 1 aromatic rings. The highest BCUT2D eigenvalue weighted by Gasteiger charge is 2.11. The zero-order chi connectivity index (χ0) is 11.4. The summed E-state index contributed by atoms with van der Waals surface area (Å²) in [6.07, 6.45) is 0. The van der Waals surface area contributed by atoms with Crippen molar-refractivity contribution in [2.24, 2.45) is 0 Å². The summed E-state index contributed by atoms with van der Waals surface area (Å²) in [7, 11) is 1.39. The summed E-state index contributed by atoms with van der Waals surface area (Å²) in [5.74, 6) is -1.40. The number of anilines is 1. The van der Waals surface area contributed by atoms with Crippen LogP contribution in [0.15, 0.2) is 18.2 Å². The van der Waals surface area contributed by atoms with Crippen LogP contribution in [0.1, 0.15) is 5.56 Å². The molecule has 0 fully saturated rings. The molecule has 2 N–H and O–H groups in total. The molecule has 0 saturated heterocycles. The molecule has 0 unspecified atom stereocenters. The van der Waals surface area contributed by atoms with Crippen molar-refractivity contribution >= 4 is 29.1 Å². The second-order valence-electron chi connectivity index (χ2n) is 3.00. The van der Waals surface area contributed by atoms with Crippen molar-refractivity contribution in [3.05, 3.63) is 28.8 Å². The van der Waals surface area contributed by atoms with Crippen LogP contribution in [0.5, 0.6) is 0 Å². The second kappa shape index (κ2) is 4.79. The predicted octanol–water partition coefficient (Wildman–Crippen LogP) is 1.33. The third-order valence-corrected chi connectivity index (χ3v) is 2.27. The highest BCUT2D eigenvalue weighted by molar-refractivity contribution is 6.39. The van der Waals surface area contributed by atoms with Crippen molar-refractivity contribution < 1.29 is 9.59 Å². The van der Waals surface area contributed by atoms with Crippen molar-refractivity contribution in [3.8, 4) is 0 Å². The van der Waals surface area contributed by atoms with Gasteiger partial charge in [-0.15, -0.1) is 0 Å². The molecule has 1 rings (SSSR count). The quantitative estimate of drug-likeness (QED) is 0.710. The summed E-state index contributed by atoms with van der Waals surface area (Å²) >= 11 is 5.86. The number of hydrogen-bond donors (Lipinski definition) is 2. The third-order valence-electron chi connectivity index (χ3n) is 1.86. The van der Waals surface area contributed by atoms with Gasteiger partial charge in [-0.3, -0.25) is 9.59 Å². The average molecular weight is 227 g/mol. The van der Waals surface area contributed by atoms with E-state index < -0.39 is 11.8 Å². The normalized spacial score (nSPS) is 9.53. The van der Waals surface area contributed by atoms with Gasteiger partial charge >= 0.3 is 11.8 Å². The maximum absolute atomic E-state index is 11.2. The number of carbonyl (C=O) groups excluding carboxylic acids is 2. The number of aryl methyl sites for hydroxylation is 1. The van der Waals surface area contributed by atoms with E-state index in [-0.39, 0.29) is 0 Å². The monoisotopic (exact) mass is 226 g/mol. The molecular weight excluding hydrogens is 216 g/mol. The van der Waals surface area contributed by atoms with E-state index in [9.17, 15) is 9.59 Å². The number of carbonyl (C=O) groups is 2. The molecule has 0 aromatic heterocycles. The van der Waals surface area contributed by atoms with E-state index in [1.165, 1.54) is 7.05 Å². The lowest BCUT2D eigenvalue weighted by molar-refractivity contribution is -0.135. The summed E-state index contributed by atoms with van der Waals surface area (Å²) in [6, 6.07) is 5.04. The number of hydrogen-bond acceptors (Lipinski definition) is 2. The Morgan fingerprint density at radius 1 is 1.27 bits per heavy atom. The van der Waals surface area contributed by atoms with Gasteiger partial charge in [-0.05, 0) is 24.6 Å². The van der Waals surface area contributed by atoms with E-state index in [4.69, 9.17) is 11.6 Å². The maximum Gasteiger partial charge on any atom is 0.313 e. The Bertz CT molecular complexity index is 404. The summed E-state index contributed by atoms with van der Waals surface area (Å²) in [6.45, 7) is 1.85. The van der Waals surface area contributed by atoms with E-state index in [0.717, 1.165) is 5.56 Å². The lowest BCUT2D eigenvalue weighted by Crippen LogP contribution is -2.32. The fourth-order valence-electron chi connectivity index (χ4n) is 0.972. The van der Waals surface area contributed by atoms with E-state index >= 15 is 0 Å². The molecule has 0 saturated carbocycles. The number of likely N-dealkylation sites (N-methyl/N-ethyl adjacent to an activating group) is 1. The molecule has 15 heavy (non-hydrogen) atoms. The summed E-state index contributed by atoms with van der Waals surface area (Å²) in [5.41, 5.74) is 1.41. The van der Waals surface area contributed by atoms with Gasteiger partial charge in [0.05, 0.1) is 0 Å². The number of rotatable bonds is 1. The van der Waals surface area contributed by atoms with Crippen molar-refractivity contribution in [2.75, 3.05) is 12.4 Å². The van der Waals surface area contributed by atoms with Crippen LogP contribution in [-0.2, 0) is 9.59 Å². The fourth-order valence-corrected chi connectivity index (χ4v) is 1.15. The smallest absolute Gasteiger partial charge is 0.313 e. The molecular formula is C10H11ClN2O2. The molecule has 1 aromatic carbocycles. The van der Waals surface area contributed by atoms with Crippen LogP contribution in [0, 0.1) is 6.92 Å². The van der Waals surface area contributed by atoms with Crippen LogP contribution < -0.4 is 10.6 Å². The third kappa shape index (κ3) is 2.95. The first-order valence-electron chi connectivity index (χ1n) is 4.34. The van der Waals surface area contributed by atoms with Crippen LogP contribution in [0.2, 0.25) is 5.02 Å². The van der Waals surface area contributed by atoms with Gasteiger partial charge in [0.2, 0.25) is 0 Å². The minimum atomic E-state index is -0.711. The molecule has 0 atom stereocenters. The van der Waals surface area contributed by atoms with Crippen molar-refractivity contribution in [3.63, 3.8) is 0 Å². The van der Waals surface area contributed by atoms with Gasteiger partial charge in [-0.2, -0.15) is 0 Å². The molecule has 0 aliphatic rings. The van der Waals surface area contributed by atoms with Gasteiger partial charge in [0.25, 0.3) is 0 Å². The van der Waals surface area contributed by atoms with Gasteiger partial charge in [-0.25, -0.2) is 0 Å². The minimum Gasteiger partial charge on any atom is -0.351 e. The average Bonchev–Trinajstić information content (AvgIpc) is 2.22. The van der Waals surface area contributed by atoms with E-state index in [0.29, 0.717) is 10.7 Å². The summed E-state index contributed by atoms with van der Waals surface area (Å²) in [4.78, 5) is 22.1. The Morgan fingerprint density at radius 2 is 1.93 bits per heavy atom. The SMILES string of the molecule is CNC(=O)C(=O)Nc1ccc(C)c(Cl)c1. The van der Waals surface area contributed by atoms with Crippen molar-refractivity contribution in [1.82, 2.24) is 5.32 Å². The molecule has 0 spiro atoms. The van der Waals surface area contributed by atoms with Crippen LogP contribution >= 0.6 is 11.6 Å². The zero-order valence-electron chi connectivity index (χ0n) is 8.43. The molecule has 0 aliphatic carbocycles. The topological polar surface area (TPSA) is 58.2 Å². The number of amides is 2. The molecule has 0 radical (unpaired) electrons. The van der Waals surface area contributed by atoms with Crippen LogP contribution in [0.4, 0.5) is 5.69 Å². The first-order chi connectivity index (χ1) is 7.04. The van der Waals surface area contributed by atoms with Crippen molar-refractivity contribution in [2.45, 2.75) is 6.92 Å². The van der Waals surface area contributed by atoms with Gasteiger partial charge in [0, 0.05) is 17.8 Å². The van der Waals surface area contributed by atoms with E-state index in [1.54, 1.807) is 18.2 Å². The fraction of sp³-hybridized carbons (Fsp3) is 0.200. The lowest BCUT2D eigenvalue weighted by Gasteiger charge is -2.05. The number of nitrogens with one attached hydrogen (secondary N) is 2. The van der Waals surface area contributed by atoms with Crippen LogP contribution in [-0.4, -0.2) is 18.9 Å².